The third-order valence-electron chi connectivity index (χ3n) is 1.73. The van der Waals surface area contributed by atoms with Crippen molar-refractivity contribution in [3.63, 3.8) is 0 Å². The highest BCUT2D eigenvalue weighted by Crippen LogP contribution is 2.10. The van der Waals surface area contributed by atoms with E-state index in [4.69, 9.17) is 5.11 Å². The second-order valence-corrected chi connectivity index (χ2v) is 2.70. The fourth-order valence-electron chi connectivity index (χ4n) is 1.08. The summed E-state index contributed by atoms with van der Waals surface area (Å²) in [6.07, 6.45) is 2.24. The van der Waals surface area contributed by atoms with E-state index >= 15 is 0 Å². The van der Waals surface area contributed by atoms with Gasteiger partial charge < -0.3 is 5.11 Å². The van der Waals surface area contributed by atoms with Gasteiger partial charge in [0.1, 0.15) is 6.04 Å². The van der Waals surface area contributed by atoms with Crippen LogP contribution in [-0.4, -0.2) is 20.9 Å². The summed E-state index contributed by atoms with van der Waals surface area (Å²) in [4.78, 5) is 10.7. The predicted octanol–water partition coefficient (Wildman–Crippen LogP) is 1.23. The van der Waals surface area contributed by atoms with Crippen LogP contribution in [0.5, 0.6) is 0 Å². The number of aromatic nitrogens is 2. The SMILES string of the molecule is CC[C@@H](C(=O)O)n1ccc(C)n1. The predicted molar refractivity (Wildman–Crippen MR) is 43.9 cm³/mol. The van der Waals surface area contributed by atoms with E-state index in [1.165, 1.54) is 4.68 Å². The Morgan fingerprint density at radius 1 is 1.83 bits per heavy atom. The van der Waals surface area contributed by atoms with Crippen molar-refractivity contribution in [2.24, 2.45) is 0 Å². The number of carboxylic acid groups (broad SMARTS) is 1. The molecule has 1 aromatic heterocycles. The van der Waals surface area contributed by atoms with Gasteiger partial charge in [-0.3, -0.25) is 4.68 Å². The number of hydrogen-bond acceptors (Lipinski definition) is 2. The molecular weight excluding hydrogens is 156 g/mol. The van der Waals surface area contributed by atoms with Gasteiger partial charge in [-0.25, -0.2) is 4.79 Å². The number of hydrogen-bond donors (Lipinski definition) is 1. The molecule has 4 heteroatoms. The van der Waals surface area contributed by atoms with Gasteiger partial charge in [0.25, 0.3) is 0 Å². The molecule has 0 spiro atoms. The van der Waals surface area contributed by atoms with Crippen molar-refractivity contribution in [1.82, 2.24) is 9.78 Å². The molecule has 1 heterocycles. The van der Waals surface area contributed by atoms with Crippen molar-refractivity contribution in [1.29, 1.82) is 0 Å². The van der Waals surface area contributed by atoms with E-state index in [0.717, 1.165) is 5.69 Å². The van der Waals surface area contributed by atoms with Crippen molar-refractivity contribution >= 4 is 5.97 Å². The molecule has 0 aliphatic carbocycles. The average Bonchev–Trinajstić information content (AvgIpc) is 2.37. The van der Waals surface area contributed by atoms with Crippen LogP contribution in [0.4, 0.5) is 0 Å². The molecule has 0 aliphatic heterocycles. The van der Waals surface area contributed by atoms with E-state index in [9.17, 15) is 4.79 Å². The molecule has 66 valence electrons. The van der Waals surface area contributed by atoms with E-state index in [-0.39, 0.29) is 0 Å². The third-order valence-corrected chi connectivity index (χ3v) is 1.73. The quantitative estimate of drug-likeness (QED) is 0.738. The van der Waals surface area contributed by atoms with Gasteiger partial charge in [0.2, 0.25) is 0 Å². The second-order valence-electron chi connectivity index (χ2n) is 2.70. The zero-order chi connectivity index (χ0) is 9.14. The molecule has 0 radical (unpaired) electrons. The van der Waals surface area contributed by atoms with E-state index in [2.05, 4.69) is 5.10 Å². The summed E-state index contributed by atoms with van der Waals surface area (Å²) in [6, 6.07) is 1.27. The number of carbonyl (C=O) groups is 1. The maximum absolute atomic E-state index is 10.7. The first kappa shape index (κ1) is 8.77. The Kier molecular flexibility index (Phi) is 2.47. The lowest BCUT2D eigenvalue weighted by molar-refractivity contribution is -0.141. The minimum Gasteiger partial charge on any atom is -0.480 e. The first-order valence-electron chi connectivity index (χ1n) is 3.89. The largest absolute Gasteiger partial charge is 0.480 e. The molecule has 1 rings (SSSR count). The fraction of sp³-hybridized carbons (Fsp3) is 0.500. The Hall–Kier alpha value is -1.32. The lowest BCUT2D eigenvalue weighted by Crippen LogP contribution is -2.18. The van der Waals surface area contributed by atoms with Gasteiger partial charge in [-0.1, -0.05) is 6.92 Å². The highest BCUT2D eigenvalue weighted by Gasteiger charge is 2.16. The molecule has 0 unspecified atom stereocenters. The Morgan fingerprint density at radius 3 is 2.83 bits per heavy atom. The average molecular weight is 168 g/mol. The van der Waals surface area contributed by atoms with Crippen LogP contribution in [0.25, 0.3) is 0 Å². The van der Waals surface area contributed by atoms with Crippen molar-refractivity contribution in [2.75, 3.05) is 0 Å². The molecule has 1 atom stereocenters. The van der Waals surface area contributed by atoms with Gasteiger partial charge in [0.05, 0.1) is 5.69 Å². The summed E-state index contributed by atoms with van der Waals surface area (Å²) in [5.41, 5.74) is 0.842. The molecule has 0 bridgehead atoms. The third kappa shape index (κ3) is 1.64. The van der Waals surface area contributed by atoms with Crippen LogP contribution < -0.4 is 0 Å². The van der Waals surface area contributed by atoms with Crippen LogP contribution >= 0.6 is 0 Å². The molecule has 0 amide bonds. The van der Waals surface area contributed by atoms with E-state index in [1.54, 1.807) is 12.3 Å². The van der Waals surface area contributed by atoms with Crippen LogP contribution in [-0.2, 0) is 4.79 Å². The van der Waals surface area contributed by atoms with Crippen LogP contribution in [0.1, 0.15) is 25.1 Å². The van der Waals surface area contributed by atoms with Crippen molar-refractivity contribution in [3.8, 4) is 0 Å². The molecule has 0 aromatic carbocycles. The smallest absolute Gasteiger partial charge is 0.328 e. The van der Waals surface area contributed by atoms with Gasteiger partial charge in [0.15, 0.2) is 0 Å². The summed E-state index contributed by atoms with van der Waals surface area (Å²) in [5, 5.41) is 12.8. The highest BCUT2D eigenvalue weighted by atomic mass is 16.4. The van der Waals surface area contributed by atoms with Crippen molar-refractivity contribution < 1.29 is 9.90 Å². The normalized spacial score (nSPS) is 12.8. The first-order chi connectivity index (χ1) is 5.65. The lowest BCUT2D eigenvalue weighted by atomic mass is 10.2. The molecule has 0 saturated carbocycles. The molecule has 0 saturated heterocycles. The summed E-state index contributed by atoms with van der Waals surface area (Å²) < 4.78 is 1.48. The Balaban J connectivity index is 2.87. The number of rotatable bonds is 3. The Bertz CT molecular complexity index is 280. The van der Waals surface area contributed by atoms with E-state index in [0.29, 0.717) is 6.42 Å². The number of aryl methyl sites for hydroxylation is 1. The molecule has 12 heavy (non-hydrogen) atoms. The van der Waals surface area contributed by atoms with Gasteiger partial charge in [0, 0.05) is 6.20 Å². The molecule has 1 N–H and O–H groups in total. The minimum absolute atomic E-state index is 0.529. The van der Waals surface area contributed by atoms with Crippen molar-refractivity contribution in [3.05, 3.63) is 18.0 Å². The molecule has 1 aromatic rings. The molecule has 0 fully saturated rings. The molecular formula is C8H12N2O2. The standard InChI is InChI=1S/C8H12N2O2/c1-3-7(8(11)12)10-5-4-6(2)9-10/h4-5,7H,3H2,1-2H3,(H,11,12)/t7-/m0/s1. The number of aliphatic carboxylic acids is 1. The van der Waals surface area contributed by atoms with E-state index < -0.39 is 12.0 Å². The second kappa shape index (κ2) is 3.38. The maximum atomic E-state index is 10.7. The van der Waals surface area contributed by atoms with Gasteiger partial charge in [-0.2, -0.15) is 5.10 Å². The summed E-state index contributed by atoms with van der Waals surface area (Å²) in [7, 11) is 0. The summed E-state index contributed by atoms with van der Waals surface area (Å²) in [6.45, 7) is 3.67. The summed E-state index contributed by atoms with van der Waals surface area (Å²) in [5.74, 6) is -0.833. The zero-order valence-electron chi connectivity index (χ0n) is 7.19. The number of carboxylic acids is 1. The van der Waals surface area contributed by atoms with Gasteiger partial charge >= 0.3 is 5.97 Å². The lowest BCUT2D eigenvalue weighted by Gasteiger charge is -2.09. The Labute approximate surface area is 70.8 Å². The monoisotopic (exact) mass is 168 g/mol. The van der Waals surface area contributed by atoms with Crippen LogP contribution in [0.3, 0.4) is 0 Å². The van der Waals surface area contributed by atoms with E-state index in [1.807, 2.05) is 13.8 Å². The molecule has 0 aliphatic rings. The molecule has 4 nitrogen and oxygen atoms in total. The highest BCUT2D eigenvalue weighted by molar-refractivity contribution is 5.71. The first-order valence-corrected chi connectivity index (χ1v) is 3.89. The number of nitrogens with zero attached hydrogens (tertiary/aromatic N) is 2. The topological polar surface area (TPSA) is 55.1 Å². The van der Waals surface area contributed by atoms with Crippen LogP contribution in [0.15, 0.2) is 12.3 Å². The van der Waals surface area contributed by atoms with Gasteiger partial charge in [-0.15, -0.1) is 0 Å². The van der Waals surface area contributed by atoms with Crippen LogP contribution in [0.2, 0.25) is 0 Å². The van der Waals surface area contributed by atoms with Crippen LogP contribution in [0, 0.1) is 6.92 Å². The zero-order valence-corrected chi connectivity index (χ0v) is 7.19. The summed E-state index contributed by atoms with van der Waals surface area (Å²) >= 11 is 0. The fourth-order valence-corrected chi connectivity index (χ4v) is 1.08. The van der Waals surface area contributed by atoms with Gasteiger partial charge in [-0.05, 0) is 19.4 Å². The Morgan fingerprint density at radius 2 is 2.50 bits per heavy atom. The maximum Gasteiger partial charge on any atom is 0.328 e. The van der Waals surface area contributed by atoms with Crippen molar-refractivity contribution in [2.45, 2.75) is 26.3 Å². The minimum atomic E-state index is -0.833.